The maximum absolute atomic E-state index is 12.4. The van der Waals surface area contributed by atoms with Gasteiger partial charge in [0.25, 0.3) is 5.91 Å². The van der Waals surface area contributed by atoms with Crippen LogP contribution in [0, 0.1) is 0 Å². The van der Waals surface area contributed by atoms with E-state index in [9.17, 15) is 4.79 Å². The van der Waals surface area contributed by atoms with Crippen molar-refractivity contribution < 1.29 is 9.21 Å². The topological polar surface area (TPSA) is 84.2 Å². The van der Waals surface area contributed by atoms with Gasteiger partial charge in [0, 0.05) is 31.7 Å². The Kier molecular flexibility index (Phi) is 7.16. The Morgan fingerprint density at radius 1 is 1.06 bits per heavy atom. The van der Waals surface area contributed by atoms with E-state index in [1.54, 1.807) is 24.7 Å². The summed E-state index contributed by atoms with van der Waals surface area (Å²) in [5.74, 6) is 0.476. The Balaban J connectivity index is 1.28. The lowest BCUT2D eigenvalue weighted by atomic mass is 9.90. The molecule has 7 nitrogen and oxygen atoms in total. The Hall–Kier alpha value is -3.55. The Bertz CT molecular complexity index is 1280. The number of hydrogen-bond donors (Lipinski definition) is 1. The van der Waals surface area contributed by atoms with Gasteiger partial charge in [-0.15, -0.1) is 0 Å². The van der Waals surface area contributed by atoms with E-state index < -0.39 is 0 Å². The molecule has 0 spiro atoms. The summed E-state index contributed by atoms with van der Waals surface area (Å²) in [5.41, 5.74) is 5.07. The van der Waals surface area contributed by atoms with E-state index in [4.69, 9.17) is 21.0 Å². The number of benzene rings is 1. The summed E-state index contributed by atoms with van der Waals surface area (Å²) in [7, 11) is 0. The van der Waals surface area contributed by atoms with Gasteiger partial charge in [-0.3, -0.25) is 19.7 Å². The lowest BCUT2D eigenvalue weighted by Crippen LogP contribution is -2.31. The molecule has 1 amide bonds. The number of fused-ring (bicyclic) bond motifs is 1. The van der Waals surface area contributed by atoms with E-state index in [1.165, 1.54) is 17.3 Å². The molecule has 4 aromatic rings. The molecule has 0 saturated carbocycles. The maximum atomic E-state index is 12.4. The number of halogens is 1. The molecular weight excluding hydrogens is 462 g/mol. The highest BCUT2D eigenvalue weighted by Gasteiger charge is 2.28. The van der Waals surface area contributed by atoms with Crippen LogP contribution in [0.1, 0.15) is 57.5 Å². The van der Waals surface area contributed by atoms with Crippen LogP contribution in [0.2, 0.25) is 5.02 Å². The number of aromatic nitrogens is 3. The van der Waals surface area contributed by atoms with Gasteiger partial charge in [-0.2, -0.15) is 0 Å². The summed E-state index contributed by atoms with van der Waals surface area (Å²) in [6.07, 6.45) is 11.4. The quantitative estimate of drug-likeness (QED) is 0.371. The van der Waals surface area contributed by atoms with Crippen LogP contribution >= 0.6 is 11.6 Å². The molecule has 0 aliphatic heterocycles. The molecule has 0 fully saturated rings. The molecule has 1 N–H and O–H groups in total. The molecule has 1 atom stereocenters. The second-order valence-electron chi connectivity index (χ2n) is 8.64. The van der Waals surface area contributed by atoms with Gasteiger partial charge in [0.1, 0.15) is 6.26 Å². The SMILES string of the molecule is O=C(NCc1ccc(CN(Cc2ncco2)C2CCCc3cccnc32)cc1)c1ccncc1Cl. The van der Waals surface area contributed by atoms with Crippen LogP contribution in [-0.2, 0) is 26.1 Å². The fourth-order valence-electron chi connectivity index (χ4n) is 4.56. The average Bonchev–Trinajstić information content (AvgIpc) is 3.41. The number of rotatable bonds is 8. The van der Waals surface area contributed by atoms with Gasteiger partial charge in [0.2, 0.25) is 5.89 Å². The van der Waals surface area contributed by atoms with Crippen LogP contribution in [0.15, 0.2) is 77.9 Å². The third kappa shape index (κ3) is 5.58. The first kappa shape index (κ1) is 23.2. The molecular formula is C27H26ClN5O2. The number of pyridine rings is 2. The van der Waals surface area contributed by atoms with Crippen molar-refractivity contribution in [1.82, 2.24) is 25.2 Å². The molecule has 1 unspecified atom stereocenters. The number of aryl methyl sites for hydroxylation is 1. The first-order valence-corrected chi connectivity index (χ1v) is 12.1. The maximum Gasteiger partial charge on any atom is 0.253 e. The molecule has 3 heterocycles. The second-order valence-corrected chi connectivity index (χ2v) is 9.05. The van der Waals surface area contributed by atoms with E-state index in [0.717, 1.165) is 37.1 Å². The largest absolute Gasteiger partial charge is 0.448 e. The van der Waals surface area contributed by atoms with E-state index in [0.29, 0.717) is 29.6 Å². The minimum absolute atomic E-state index is 0.205. The van der Waals surface area contributed by atoms with Gasteiger partial charge in [-0.1, -0.05) is 41.9 Å². The van der Waals surface area contributed by atoms with Crippen molar-refractivity contribution in [2.75, 3.05) is 0 Å². The molecule has 1 aliphatic rings. The van der Waals surface area contributed by atoms with Crippen LogP contribution in [0.5, 0.6) is 0 Å². The summed E-state index contributed by atoms with van der Waals surface area (Å²) < 4.78 is 5.57. The fourth-order valence-corrected chi connectivity index (χ4v) is 4.76. The van der Waals surface area contributed by atoms with Crippen LogP contribution in [0.4, 0.5) is 0 Å². The van der Waals surface area contributed by atoms with Crippen molar-refractivity contribution in [2.45, 2.75) is 44.9 Å². The molecule has 1 aromatic carbocycles. The number of nitrogens with zero attached hydrogens (tertiary/aromatic N) is 4. The van der Waals surface area contributed by atoms with Gasteiger partial charge in [0.05, 0.1) is 35.1 Å². The highest BCUT2D eigenvalue weighted by Crippen LogP contribution is 2.34. The number of nitrogens with one attached hydrogen (secondary N) is 1. The second kappa shape index (κ2) is 10.8. The normalized spacial score (nSPS) is 15.1. The van der Waals surface area contributed by atoms with Crippen molar-refractivity contribution in [3.05, 3.63) is 112 Å². The molecule has 3 aromatic heterocycles. The van der Waals surface area contributed by atoms with E-state index in [2.05, 4.69) is 38.4 Å². The van der Waals surface area contributed by atoms with Gasteiger partial charge in [-0.05, 0) is 48.1 Å². The summed E-state index contributed by atoms with van der Waals surface area (Å²) in [5, 5.41) is 3.26. The predicted octanol–water partition coefficient (Wildman–Crippen LogP) is 5.13. The number of amides is 1. The first-order valence-electron chi connectivity index (χ1n) is 11.7. The third-order valence-corrected chi connectivity index (χ3v) is 6.61. The van der Waals surface area contributed by atoms with Crippen LogP contribution in [-0.4, -0.2) is 25.8 Å². The Morgan fingerprint density at radius 2 is 1.91 bits per heavy atom. The summed E-state index contributed by atoms with van der Waals surface area (Å²) >= 11 is 6.07. The molecule has 1 aliphatic carbocycles. The van der Waals surface area contributed by atoms with Crippen molar-refractivity contribution in [3.8, 4) is 0 Å². The standard InChI is InChI=1S/C27H26ClN5O2/c28-23-16-29-12-10-22(23)27(34)32-15-19-6-8-20(9-7-19)17-33(18-25-30-13-14-35-25)24-5-1-3-21-4-2-11-31-26(21)24/h2,4,6-14,16,24H,1,3,5,15,17-18H2,(H,32,34). The van der Waals surface area contributed by atoms with Crippen molar-refractivity contribution in [1.29, 1.82) is 0 Å². The van der Waals surface area contributed by atoms with Gasteiger partial charge >= 0.3 is 0 Å². The minimum atomic E-state index is -0.220. The molecule has 35 heavy (non-hydrogen) atoms. The van der Waals surface area contributed by atoms with Gasteiger partial charge < -0.3 is 9.73 Å². The third-order valence-electron chi connectivity index (χ3n) is 6.31. The molecule has 0 bridgehead atoms. The highest BCUT2D eigenvalue weighted by molar-refractivity contribution is 6.33. The zero-order chi connectivity index (χ0) is 24.0. The Morgan fingerprint density at radius 3 is 2.71 bits per heavy atom. The smallest absolute Gasteiger partial charge is 0.253 e. The lowest BCUT2D eigenvalue weighted by Gasteiger charge is -2.34. The summed E-state index contributed by atoms with van der Waals surface area (Å²) in [4.78, 5) is 27.8. The monoisotopic (exact) mass is 487 g/mol. The zero-order valence-electron chi connectivity index (χ0n) is 19.2. The molecule has 5 rings (SSSR count). The van der Waals surface area contributed by atoms with Gasteiger partial charge in [0.15, 0.2) is 0 Å². The number of carbonyl (C=O) groups is 1. The predicted molar refractivity (Wildman–Crippen MR) is 133 cm³/mol. The fraction of sp³-hybridized carbons (Fsp3) is 0.259. The van der Waals surface area contributed by atoms with Crippen LogP contribution in [0.25, 0.3) is 0 Å². The molecule has 178 valence electrons. The van der Waals surface area contributed by atoms with Crippen molar-refractivity contribution in [3.63, 3.8) is 0 Å². The highest BCUT2D eigenvalue weighted by atomic mass is 35.5. The van der Waals surface area contributed by atoms with E-state index in [1.807, 2.05) is 24.4 Å². The zero-order valence-corrected chi connectivity index (χ0v) is 20.0. The molecule has 0 saturated heterocycles. The van der Waals surface area contributed by atoms with E-state index >= 15 is 0 Å². The average molecular weight is 488 g/mol. The number of carbonyl (C=O) groups excluding carboxylic acids is 1. The van der Waals surface area contributed by atoms with Gasteiger partial charge in [-0.25, -0.2) is 4.98 Å². The molecule has 0 radical (unpaired) electrons. The lowest BCUT2D eigenvalue weighted by molar-refractivity contribution is 0.0951. The number of hydrogen-bond acceptors (Lipinski definition) is 6. The first-order chi connectivity index (χ1) is 17.2. The van der Waals surface area contributed by atoms with Crippen molar-refractivity contribution in [2.24, 2.45) is 0 Å². The van der Waals surface area contributed by atoms with E-state index in [-0.39, 0.29) is 11.9 Å². The number of oxazole rings is 1. The molecule has 8 heteroatoms. The van der Waals surface area contributed by atoms with Crippen LogP contribution < -0.4 is 5.32 Å². The summed E-state index contributed by atoms with van der Waals surface area (Å²) in [6.45, 7) is 1.76. The minimum Gasteiger partial charge on any atom is -0.448 e. The summed E-state index contributed by atoms with van der Waals surface area (Å²) in [6, 6.07) is 14.3. The van der Waals surface area contributed by atoms with Crippen LogP contribution in [0.3, 0.4) is 0 Å². The Labute approximate surface area is 209 Å². The van der Waals surface area contributed by atoms with Crippen molar-refractivity contribution >= 4 is 17.5 Å².